The molecule has 3 aromatic rings. The topological polar surface area (TPSA) is 90.5 Å². The summed E-state index contributed by atoms with van der Waals surface area (Å²) in [6, 6.07) is 10.5. The molecule has 140 valence electrons. The summed E-state index contributed by atoms with van der Waals surface area (Å²) in [5.74, 6) is -2.65. The minimum absolute atomic E-state index is 0.0409. The summed E-state index contributed by atoms with van der Waals surface area (Å²) >= 11 is 5.73. The lowest BCUT2D eigenvalue weighted by Crippen LogP contribution is -2.23. The first kappa shape index (κ1) is 18.7. The van der Waals surface area contributed by atoms with Crippen LogP contribution in [0, 0.1) is 5.82 Å². The number of aryl methyl sites for hydroxylation is 1. The van der Waals surface area contributed by atoms with Crippen LogP contribution < -0.4 is 11.1 Å². The number of para-hydroxylation sites is 2. The molecule has 1 amide bonds. The van der Waals surface area contributed by atoms with Crippen molar-refractivity contribution in [2.45, 2.75) is 13.0 Å². The van der Waals surface area contributed by atoms with Crippen molar-refractivity contribution in [3.63, 3.8) is 0 Å². The van der Waals surface area contributed by atoms with E-state index >= 15 is 0 Å². The van der Waals surface area contributed by atoms with Crippen LogP contribution in [0.1, 0.15) is 6.42 Å². The molecule has 0 radical (unpaired) electrons. The van der Waals surface area contributed by atoms with Gasteiger partial charge in [-0.15, -0.1) is 0 Å². The summed E-state index contributed by atoms with van der Waals surface area (Å²) in [5.41, 5.74) is 0.864. The summed E-state index contributed by atoms with van der Waals surface area (Å²) in [6.07, 6.45) is -0.137. The van der Waals surface area contributed by atoms with Crippen LogP contribution in [-0.4, -0.2) is 23.1 Å². The molecule has 0 bridgehead atoms. The van der Waals surface area contributed by atoms with Crippen LogP contribution in [0.3, 0.4) is 0 Å². The second-order valence-corrected chi connectivity index (χ2v) is 6.01. The highest BCUT2D eigenvalue weighted by Crippen LogP contribution is 2.19. The third-order valence-electron chi connectivity index (χ3n) is 3.68. The lowest BCUT2D eigenvalue weighted by molar-refractivity contribution is -0.147. The number of hydrogen-bond donors (Lipinski definition) is 1. The highest BCUT2D eigenvalue weighted by Gasteiger charge is 2.13. The molecular weight excluding hydrogens is 379 g/mol. The standard InChI is InChI=1S/C18H14ClFN2O5/c19-11-5-6-12(20)13(9-11)21-16(23)10-26-17(24)7-8-22-14-3-1-2-4-15(14)27-18(22)25/h1-6,9H,7-8,10H2,(H,21,23). The van der Waals surface area contributed by atoms with Gasteiger partial charge in [0.1, 0.15) is 5.82 Å². The minimum atomic E-state index is -0.713. The normalized spacial score (nSPS) is 10.7. The number of ether oxygens (including phenoxy) is 1. The molecule has 7 nitrogen and oxygen atoms in total. The van der Waals surface area contributed by atoms with Gasteiger partial charge in [0.05, 0.1) is 17.6 Å². The molecule has 1 N–H and O–H groups in total. The molecule has 0 unspecified atom stereocenters. The van der Waals surface area contributed by atoms with Gasteiger partial charge in [0, 0.05) is 11.6 Å². The zero-order valence-electron chi connectivity index (χ0n) is 13.9. The fourth-order valence-electron chi connectivity index (χ4n) is 2.43. The molecule has 0 aliphatic carbocycles. The van der Waals surface area contributed by atoms with E-state index < -0.39 is 30.1 Å². The van der Waals surface area contributed by atoms with E-state index in [4.69, 9.17) is 20.8 Å². The van der Waals surface area contributed by atoms with E-state index in [-0.39, 0.29) is 23.7 Å². The predicted molar refractivity (Wildman–Crippen MR) is 96.1 cm³/mol. The van der Waals surface area contributed by atoms with E-state index in [0.717, 1.165) is 6.07 Å². The lowest BCUT2D eigenvalue weighted by Gasteiger charge is -2.08. The summed E-state index contributed by atoms with van der Waals surface area (Å²) < 4.78 is 24.8. The van der Waals surface area contributed by atoms with Crippen molar-refractivity contribution in [3.05, 3.63) is 63.9 Å². The molecule has 0 atom stereocenters. The number of carbonyl (C=O) groups is 2. The molecule has 0 aliphatic rings. The molecule has 0 spiro atoms. The minimum Gasteiger partial charge on any atom is -0.456 e. The zero-order chi connectivity index (χ0) is 19.4. The molecular formula is C18H14ClFN2O5. The van der Waals surface area contributed by atoms with Gasteiger partial charge in [-0.25, -0.2) is 9.18 Å². The Morgan fingerprint density at radius 1 is 1.22 bits per heavy atom. The molecule has 3 rings (SSSR count). The number of aromatic nitrogens is 1. The van der Waals surface area contributed by atoms with Crippen molar-refractivity contribution in [3.8, 4) is 0 Å². The summed E-state index contributed by atoms with van der Waals surface area (Å²) in [5, 5.41) is 2.51. The van der Waals surface area contributed by atoms with E-state index in [0.29, 0.717) is 11.1 Å². The molecule has 2 aromatic carbocycles. The van der Waals surface area contributed by atoms with Gasteiger partial charge in [-0.2, -0.15) is 0 Å². The molecule has 1 heterocycles. The molecule has 0 saturated carbocycles. The number of nitrogens with zero attached hydrogens (tertiary/aromatic N) is 1. The Morgan fingerprint density at radius 3 is 2.81 bits per heavy atom. The number of nitrogens with one attached hydrogen (secondary N) is 1. The van der Waals surface area contributed by atoms with Gasteiger partial charge >= 0.3 is 11.7 Å². The van der Waals surface area contributed by atoms with Crippen LogP contribution in [0.4, 0.5) is 10.1 Å². The fraction of sp³-hybridized carbons (Fsp3) is 0.167. The van der Waals surface area contributed by atoms with Crippen LogP contribution in [0.2, 0.25) is 5.02 Å². The molecule has 9 heteroatoms. The van der Waals surface area contributed by atoms with Crippen molar-refractivity contribution >= 4 is 40.3 Å². The molecule has 0 aliphatic heterocycles. The van der Waals surface area contributed by atoms with Crippen LogP contribution in [-0.2, 0) is 20.9 Å². The number of carbonyl (C=O) groups excluding carboxylic acids is 2. The average molecular weight is 393 g/mol. The maximum Gasteiger partial charge on any atom is 0.419 e. The van der Waals surface area contributed by atoms with Crippen molar-refractivity contribution < 1.29 is 23.1 Å². The number of benzene rings is 2. The number of hydrogen-bond acceptors (Lipinski definition) is 5. The highest BCUT2D eigenvalue weighted by molar-refractivity contribution is 6.30. The Morgan fingerprint density at radius 2 is 2.00 bits per heavy atom. The second kappa shape index (κ2) is 8.05. The van der Waals surface area contributed by atoms with Crippen molar-refractivity contribution in [2.75, 3.05) is 11.9 Å². The van der Waals surface area contributed by atoms with E-state index in [2.05, 4.69) is 5.32 Å². The van der Waals surface area contributed by atoms with Crippen molar-refractivity contribution in [2.24, 2.45) is 0 Å². The van der Waals surface area contributed by atoms with Crippen LogP contribution in [0.15, 0.2) is 51.7 Å². The monoisotopic (exact) mass is 392 g/mol. The Hall–Kier alpha value is -3.13. The van der Waals surface area contributed by atoms with Gasteiger partial charge in [-0.1, -0.05) is 23.7 Å². The van der Waals surface area contributed by atoms with E-state index in [9.17, 15) is 18.8 Å². The van der Waals surface area contributed by atoms with Gasteiger partial charge in [0.15, 0.2) is 12.2 Å². The average Bonchev–Trinajstić information content (AvgIpc) is 2.96. The first-order valence-electron chi connectivity index (χ1n) is 7.93. The highest BCUT2D eigenvalue weighted by atomic mass is 35.5. The number of amides is 1. The fourth-order valence-corrected chi connectivity index (χ4v) is 2.60. The largest absolute Gasteiger partial charge is 0.456 e. The van der Waals surface area contributed by atoms with Crippen LogP contribution in [0.5, 0.6) is 0 Å². The Balaban J connectivity index is 1.52. The summed E-state index contributed by atoms with van der Waals surface area (Å²) in [7, 11) is 0. The van der Waals surface area contributed by atoms with E-state index in [1.54, 1.807) is 24.3 Å². The smallest absolute Gasteiger partial charge is 0.419 e. The summed E-state index contributed by atoms with van der Waals surface area (Å²) in [6.45, 7) is -0.551. The summed E-state index contributed by atoms with van der Waals surface area (Å²) in [4.78, 5) is 35.4. The SMILES string of the molecule is O=C(COC(=O)CCn1c(=O)oc2ccccc21)Nc1cc(Cl)ccc1F. The Labute approximate surface area is 157 Å². The number of fused-ring (bicyclic) bond motifs is 1. The predicted octanol–water partition coefficient (Wildman–Crippen LogP) is 2.96. The maximum atomic E-state index is 13.5. The quantitative estimate of drug-likeness (QED) is 0.651. The number of halogens is 2. The van der Waals surface area contributed by atoms with Crippen molar-refractivity contribution in [1.29, 1.82) is 0 Å². The maximum absolute atomic E-state index is 13.5. The number of rotatable bonds is 6. The van der Waals surface area contributed by atoms with Gasteiger partial charge < -0.3 is 14.5 Å². The Kier molecular flexibility index (Phi) is 5.56. The first-order valence-corrected chi connectivity index (χ1v) is 8.31. The number of esters is 1. The molecule has 0 fully saturated rings. The molecule has 1 aromatic heterocycles. The lowest BCUT2D eigenvalue weighted by atomic mass is 10.3. The zero-order valence-corrected chi connectivity index (χ0v) is 14.7. The second-order valence-electron chi connectivity index (χ2n) is 5.57. The first-order chi connectivity index (χ1) is 12.9. The van der Waals surface area contributed by atoms with Gasteiger partial charge in [-0.3, -0.25) is 14.2 Å². The Bertz CT molecular complexity index is 1060. The van der Waals surface area contributed by atoms with Crippen LogP contribution in [0.25, 0.3) is 11.1 Å². The molecule has 0 saturated heterocycles. The van der Waals surface area contributed by atoms with E-state index in [1.165, 1.54) is 16.7 Å². The van der Waals surface area contributed by atoms with E-state index in [1.807, 2.05) is 0 Å². The number of anilines is 1. The van der Waals surface area contributed by atoms with Crippen molar-refractivity contribution in [1.82, 2.24) is 4.57 Å². The van der Waals surface area contributed by atoms with Gasteiger partial charge in [-0.05, 0) is 30.3 Å². The third-order valence-corrected chi connectivity index (χ3v) is 3.92. The van der Waals surface area contributed by atoms with Gasteiger partial charge in [0.25, 0.3) is 5.91 Å². The molecule has 27 heavy (non-hydrogen) atoms. The van der Waals surface area contributed by atoms with Gasteiger partial charge in [0.2, 0.25) is 0 Å². The van der Waals surface area contributed by atoms with Crippen LogP contribution >= 0.6 is 11.6 Å². The third kappa shape index (κ3) is 4.53. The number of oxazole rings is 1.